The molecule has 1 aliphatic heterocycles. The van der Waals surface area contributed by atoms with Crippen LogP contribution in [0.25, 0.3) is 0 Å². The number of rotatable bonds is 11. The van der Waals surface area contributed by atoms with E-state index in [2.05, 4.69) is 54.6 Å². The molecule has 1 saturated heterocycles. The van der Waals surface area contributed by atoms with Crippen molar-refractivity contribution in [1.82, 2.24) is 14.5 Å². The van der Waals surface area contributed by atoms with Gasteiger partial charge in [-0.2, -0.15) is 4.31 Å². The summed E-state index contributed by atoms with van der Waals surface area (Å²) in [5.74, 6) is 0.905. The van der Waals surface area contributed by atoms with Crippen LogP contribution in [0.5, 0.6) is 0 Å². The van der Waals surface area contributed by atoms with Crippen molar-refractivity contribution in [3.63, 3.8) is 0 Å². The lowest BCUT2D eigenvalue weighted by atomic mass is 9.76. The Morgan fingerprint density at radius 3 is 2.42 bits per heavy atom. The van der Waals surface area contributed by atoms with Crippen LogP contribution in [0.3, 0.4) is 0 Å². The molecule has 1 N–H and O–H groups in total. The summed E-state index contributed by atoms with van der Waals surface area (Å²) in [6.45, 7) is 1.15. The van der Waals surface area contributed by atoms with Crippen molar-refractivity contribution in [2.45, 2.75) is 61.9 Å². The molecule has 1 amide bonds. The number of carbonyl (C=O) groups excluding carboxylic acids is 1. The van der Waals surface area contributed by atoms with Crippen LogP contribution in [0.1, 0.15) is 56.6 Å². The fourth-order valence-corrected chi connectivity index (χ4v) is 8.25. The van der Waals surface area contributed by atoms with Gasteiger partial charge < -0.3 is 15.0 Å². The number of carbonyl (C=O) groups is 1. The highest BCUT2D eigenvalue weighted by Crippen LogP contribution is 2.39. The molecule has 40 heavy (non-hydrogen) atoms. The van der Waals surface area contributed by atoms with E-state index in [1.165, 1.54) is 28.1 Å². The molecule has 220 valence electrons. The highest BCUT2D eigenvalue weighted by atomic mass is 35.5. The second-order valence-corrected chi connectivity index (χ2v) is 14.0. The van der Waals surface area contributed by atoms with Crippen LogP contribution < -0.4 is 5.32 Å². The Bertz CT molecular complexity index is 1220. The van der Waals surface area contributed by atoms with Gasteiger partial charge in [-0.3, -0.25) is 4.79 Å². The van der Waals surface area contributed by atoms with Crippen molar-refractivity contribution in [1.29, 1.82) is 0 Å². The zero-order valence-electron chi connectivity index (χ0n) is 23.4. The topological polar surface area (TPSA) is 79.0 Å². The quantitative estimate of drug-likeness (QED) is 0.349. The number of ether oxygens (including phenoxy) is 1. The van der Waals surface area contributed by atoms with E-state index in [1.807, 2.05) is 0 Å². The van der Waals surface area contributed by atoms with Crippen LogP contribution in [0.4, 0.5) is 0 Å². The van der Waals surface area contributed by atoms with Crippen molar-refractivity contribution in [2.75, 3.05) is 40.4 Å². The fraction of sp³-hybridized carbons (Fsp3) is 0.567. The number of halogens is 2. The van der Waals surface area contributed by atoms with E-state index in [-0.39, 0.29) is 35.1 Å². The minimum atomic E-state index is -3.75. The predicted octanol–water partition coefficient (Wildman–Crippen LogP) is 5.78. The number of nitrogens with zero attached hydrogens (tertiary/aromatic N) is 2. The molecular weight excluding hydrogens is 569 g/mol. The Kier molecular flexibility index (Phi) is 11.3. The Labute approximate surface area is 249 Å². The number of benzene rings is 2. The van der Waals surface area contributed by atoms with Gasteiger partial charge in [0.1, 0.15) is 6.61 Å². The van der Waals surface area contributed by atoms with Crippen LogP contribution >= 0.6 is 23.2 Å². The lowest BCUT2D eigenvalue weighted by molar-refractivity contribution is -0.126. The third-order valence-corrected chi connectivity index (χ3v) is 10.9. The van der Waals surface area contributed by atoms with E-state index >= 15 is 0 Å². The summed E-state index contributed by atoms with van der Waals surface area (Å²) >= 11 is 12.0. The standard InChI is InChI=1S/C30H41Cl2N3O4S/c1-34(2)30(23-8-4-3-5-9-23)24-13-11-22(12-14-24)19-33-29(36)21-39-20-25-10-6-7-17-35(25)40(37,38)26-15-16-27(31)28(32)18-26/h3-5,8-9,15-16,18,22,24-25,30H,6-7,10-14,17,19-21H2,1-2H3,(H,33,36). The summed E-state index contributed by atoms with van der Waals surface area (Å²) in [5.41, 5.74) is 1.36. The lowest BCUT2D eigenvalue weighted by Gasteiger charge is -2.37. The molecule has 2 aromatic carbocycles. The number of hydrogen-bond acceptors (Lipinski definition) is 5. The Morgan fingerprint density at radius 2 is 1.75 bits per heavy atom. The van der Waals surface area contributed by atoms with E-state index < -0.39 is 10.0 Å². The number of piperidine rings is 1. The summed E-state index contributed by atoms with van der Waals surface area (Å²) in [7, 11) is 0.551. The third kappa shape index (κ3) is 7.99. The van der Waals surface area contributed by atoms with Gasteiger partial charge in [0.2, 0.25) is 15.9 Å². The first-order chi connectivity index (χ1) is 19.2. The SMILES string of the molecule is CN(C)C(c1ccccc1)C1CCC(CNC(=O)COCC2CCCCN2S(=O)(=O)c2ccc(Cl)c(Cl)c2)CC1. The minimum absolute atomic E-state index is 0.0801. The van der Waals surface area contributed by atoms with Gasteiger partial charge in [0.25, 0.3) is 0 Å². The maximum atomic E-state index is 13.3. The highest BCUT2D eigenvalue weighted by Gasteiger charge is 2.34. The van der Waals surface area contributed by atoms with Crippen LogP contribution in [0.15, 0.2) is 53.4 Å². The van der Waals surface area contributed by atoms with E-state index in [4.69, 9.17) is 27.9 Å². The molecule has 0 aromatic heterocycles. The Morgan fingerprint density at radius 1 is 1.02 bits per heavy atom. The third-order valence-electron chi connectivity index (χ3n) is 8.24. The predicted molar refractivity (Wildman–Crippen MR) is 160 cm³/mol. The second kappa shape index (κ2) is 14.5. The van der Waals surface area contributed by atoms with Crippen LogP contribution in [-0.2, 0) is 19.6 Å². The normalized spacial score (nSPS) is 23.2. The first-order valence-electron chi connectivity index (χ1n) is 14.2. The van der Waals surface area contributed by atoms with Crippen LogP contribution in [-0.4, -0.2) is 70.0 Å². The largest absolute Gasteiger partial charge is 0.370 e. The van der Waals surface area contributed by atoms with Crippen LogP contribution in [0.2, 0.25) is 10.0 Å². The average Bonchev–Trinajstić information content (AvgIpc) is 2.95. The van der Waals surface area contributed by atoms with Crippen molar-refractivity contribution in [2.24, 2.45) is 11.8 Å². The first kappa shape index (κ1) is 31.3. The lowest BCUT2D eigenvalue weighted by Crippen LogP contribution is -2.46. The Balaban J connectivity index is 1.21. The molecule has 7 nitrogen and oxygen atoms in total. The number of nitrogens with one attached hydrogen (secondary N) is 1. The van der Waals surface area contributed by atoms with Gasteiger partial charge in [-0.05, 0) is 88.2 Å². The summed E-state index contributed by atoms with van der Waals surface area (Å²) in [4.78, 5) is 15.0. The number of amides is 1. The smallest absolute Gasteiger partial charge is 0.246 e. The fourth-order valence-electron chi connectivity index (χ4n) is 6.18. The number of sulfonamides is 1. The summed E-state index contributed by atoms with van der Waals surface area (Å²) < 4.78 is 33.8. The van der Waals surface area contributed by atoms with E-state index in [1.54, 1.807) is 0 Å². The van der Waals surface area contributed by atoms with E-state index in [0.29, 0.717) is 42.4 Å². The highest BCUT2D eigenvalue weighted by molar-refractivity contribution is 7.89. The molecule has 1 saturated carbocycles. The Hall–Kier alpha value is -1.68. The molecular formula is C30H41Cl2N3O4S. The van der Waals surface area contributed by atoms with E-state index in [0.717, 1.165) is 38.5 Å². The molecule has 0 spiro atoms. The van der Waals surface area contributed by atoms with Crippen LogP contribution in [0, 0.1) is 11.8 Å². The molecule has 0 bridgehead atoms. The molecule has 4 rings (SSSR count). The summed E-state index contributed by atoms with van der Waals surface area (Å²) in [5, 5.41) is 3.54. The molecule has 2 atom stereocenters. The minimum Gasteiger partial charge on any atom is -0.370 e. The molecule has 1 heterocycles. The average molecular weight is 611 g/mol. The van der Waals surface area contributed by atoms with Crippen molar-refractivity contribution in [3.05, 3.63) is 64.1 Å². The zero-order chi connectivity index (χ0) is 28.7. The molecule has 2 aromatic rings. The van der Waals surface area contributed by atoms with Crippen molar-refractivity contribution < 1.29 is 17.9 Å². The molecule has 2 fully saturated rings. The number of hydrogen-bond donors (Lipinski definition) is 1. The van der Waals surface area contributed by atoms with Gasteiger partial charge >= 0.3 is 0 Å². The summed E-state index contributed by atoms with van der Waals surface area (Å²) in [6, 6.07) is 15.1. The van der Waals surface area contributed by atoms with Gasteiger partial charge in [-0.1, -0.05) is 60.0 Å². The van der Waals surface area contributed by atoms with Crippen molar-refractivity contribution >= 4 is 39.1 Å². The maximum Gasteiger partial charge on any atom is 0.246 e. The van der Waals surface area contributed by atoms with Gasteiger partial charge in [-0.25, -0.2) is 8.42 Å². The first-order valence-corrected chi connectivity index (χ1v) is 16.4. The second-order valence-electron chi connectivity index (χ2n) is 11.3. The zero-order valence-corrected chi connectivity index (χ0v) is 25.7. The van der Waals surface area contributed by atoms with Crippen molar-refractivity contribution in [3.8, 4) is 0 Å². The van der Waals surface area contributed by atoms with Gasteiger partial charge in [0.15, 0.2) is 0 Å². The van der Waals surface area contributed by atoms with E-state index in [9.17, 15) is 13.2 Å². The van der Waals surface area contributed by atoms with Gasteiger partial charge in [0, 0.05) is 25.2 Å². The molecule has 0 radical (unpaired) electrons. The monoisotopic (exact) mass is 609 g/mol. The molecule has 10 heteroatoms. The maximum absolute atomic E-state index is 13.3. The molecule has 1 aliphatic carbocycles. The molecule has 2 unspecified atom stereocenters. The van der Waals surface area contributed by atoms with Gasteiger partial charge in [-0.15, -0.1) is 0 Å². The van der Waals surface area contributed by atoms with Gasteiger partial charge in [0.05, 0.1) is 21.5 Å². The summed E-state index contributed by atoms with van der Waals surface area (Å²) in [6.07, 6.45) is 6.83. The molecule has 2 aliphatic rings.